The van der Waals surface area contributed by atoms with E-state index in [0.717, 1.165) is 28.2 Å². The summed E-state index contributed by atoms with van der Waals surface area (Å²) in [6.45, 7) is 4.72. The van der Waals surface area contributed by atoms with Crippen molar-refractivity contribution < 1.29 is 14.3 Å². The van der Waals surface area contributed by atoms with Crippen LogP contribution < -0.4 is 20.1 Å². The van der Waals surface area contributed by atoms with Crippen LogP contribution in [0.1, 0.15) is 29.7 Å². The predicted octanol–water partition coefficient (Wildman–Crippen LogP) is 3.28. The Morgan fingerprint density at radius 2 is 1.96 bits per heavy atom. The molecular formula is C18H20N2O3. The molecule has 2 aromatic carbocycles. The maximum Gasteiger partial charge on any atom is 0.315 e. The number of amides is 2. The maximum atomic E-state index is 12.1. The van der Waals surface area contributed by atoms with Crippen molar-refractivity contribution in [3.63, 3.8) is 0 Å². The van der Waals surface area contributed by atoms with Crippen LogP contribution >= 0.6 is 0 Å². The molecule has 0 saturated heterocycles. The second-order valence-electron chi connectivity index (χ2n) is 5.59. The van der Waals surface area contributed by atoms with Gasteiger partial charge in [0.1, 0.15) is 0 Å². The van der Waals surface area contributed by atoms with E-state index in [4.69, 9.17) is 9.47 Å². The molecule has 1 atom stereocenters. The van der Waals surface area contributed by atoms with E-state index in [1.165, 1.54) is 0 Å². The van der Waals surface area contributed by atoms with Crippen LogP contribution in [0.15, 0.2) is 42.5 Å². The number of hydrogen-bond donors (Lipinski definition) is 2. The molecule has 1 aliphatic heterocycles. The first-order valence-corrected chi connectivity index (χ1v) is 7.62. The number of nitrogens with one attached hydrogen (secondary N) is 2. The molecule has 2 amide bonds. The highest BCUT2D eigenvalue weighted by atomic mass is 16.7. The highest BCUT2D eigenvalue weighted by Crippen LogP contribution is 2.34. The fraction of sp³-hybridized carbons (Fsp3) is 0.278. The summed E-state index contributed by atoms with van der Waals surface area (Å²) in [6.07, 6.45) is 0. The Balaban J connectivity index is 1.56. The van der Waals surface area contributed by atoms with Crippen LogP contribution in [-0.2, 0) is 6.54 Å². The van der Waals surface area contributed by atoms with E-state index in [-0.39, 0.29) is 18.9 Å². The molecule has 5 heteroatoms. The number of aryl methyl sites for hydroxylation is 1. The van der Waals surface area contributed by atoms with Crippen molar-refractivity contribution in [1.29, 1.82) is 0 Å². The number of hydrogen-bond acceptors (Lipinski definition) is 3. The molecule has 1 heterocycles. The van der Waals surface area contributed by atoms with E-state index in [0.29, 0.717) is 6.54 Å². The normalized spacial score (nSPS) is 13.5. The lowest BCUT2D eigenvalue weighted by Crippen LogP contribution is -2.36. The third kappa shape index (κ3) is 3.56. The van der Waals surface area contributed by atoms with Crippen molar-refractivity contribution in [1.82, 2.24) is 10.6 Å². The molecule has 2 aromatic rings. The van der Waals surface area contributed by atoms with Crippen LogP contribution in [0.25, 0.3) is 0 Å². The Morgan fingerprint density at radius 3 is 2.78 bits per heavy atom. The Morgan fingerprint density at radius 1 is 1.17 bits per heavy atom. The van der Waals surface area contributed by atoms with Crippen molar-refractivity contribution in [2.45, 2.75) is 26.4 Å². The van der Waals surface area contributed by atoms with Gasteiger partial charge in [0, 0.05) is 6.54 Å². The summed E-state index contributed by atoms with van der Waals surface area (Å²) in [6, 6.07) is 13.4. The van der Waals surface area contributed by atoms with Gasteiger partial charge in [0.2, 0.25) is 6.79 Å². The van der Waals surface area contributed by atoms with E-state index in [1.807, 2.05) is 56.3 Å². The van der Waals surface area contributed by atoms with Gasteiger partial charge in [-0.1, -0.05) is 30.3 Å². The zero-order chi connectivity index (χ0) is 16.2. The Kier molecular flexibility index (Phi) is 4.37. The molecule has 0 fully saturated rings. The Labute approximate surface area is 135 Å². The molecule has 120 valence electrons. The lowest BCUT2D eigenvalue weighted by molar-refractivity contribution is 0.174. The average Bonchev–Trinajstić information content (AvgIpc) is 3.01. The summed E-state index contributed by atoms with van der Waals surface area (Å²) in [5.74, 6) is 1.46. The number of urea groups is 1. The molecule has 0 spiro atoms. The maximum absolute atomic E-state index is 12.1. The van der Waals surface area contributed by atoms with Gasteiger partial charge in [-0.2, -0.15) is 0 Å². The van der Waals surface area contributed by atoms with Crippen molar-refractivity contribution in [3.8, 4) is 11.5 Å². The van der Waals surface area contributed by atoms with Gasteiger partial charge < -0.3 is 20.1 Å². The summed E-state index contributed by atoms with van der Waals surface area (Å²) < 4.78 is 10.7. The third-order valence-corrected chi connectivity index (χ3v) is 3.94. The lowest BCUT2D eigenvalue weighted by Gasteiger charge is -2.16. The van der Waals surface area contributed by atoms with Crippen LogP contribution in [0.4, 0.5) is 4.79 Å². The van der Waals surface area contributed by atoms with Gasteiger partial charge in [0.25, 0.3) is 0 Å². The molecular weight excluding hydrogens is 292 g/mol. The van der Waals surface area contributed by atoms with Gasteiger partial charge >= 0.3 is 6.03 Å². The minimum Gasteiger partial charge on any atom is -0.454 e. The zero-order valence-corrected chi connectivity index (χ0v) is 13.3. The molecule has 0 radical (unpaired) electrons. The summed E-state index contributed by atoms with van der Waals surface area (Å²) in [7, 11) is 0. The second-order valence-corrected chi connectivity index (χ2v) is 5.59. The predicted molar refractivity (Wildman–Crippen MR) is 87.5 cm³/mol. The molecule has 0 saturated carbocycles. The van der Waals surface area contributed by atoms with Gasteiger partial charge in [0.05, 0.1) is 6.04 Å². The molecule has 3 rings (SSSR count). The summed E-state index contributed by atoms with van der Waals surface area (Å²) >= 11 is 0. The number of carbonyl (C=O) groups is 1. The number of fused-ring (bicyclic) bond motifs is 1. The Bertz CT molecular complexity index is 715. The summed E-state index contributed by atoms with van der Waals surface area (Å²) in [4.78, 5) is 12.1. The first kappa shape index (κ1) is 15.2. The van der Waals surface area contributed by atoms with Gasteiger partial charge in [-0.05, 0) is 42.7 Å². The zero-order valence-electron chi connectivity index (χ0n) is 13.3. The molecule has 2 N–H and O–H groups in total. The van der Waals surface area contributed by atoms with Crippen molar-refractivity contribution in [2.75, 3.05) is 6.79 Å². The van der Waals surface area contributed by atoms with Crippen LogP contribution in [-0.4, -0.2) is 12.8 Å². The fourth-order valence-corrected chi connectivity index (χ4v) is 2.50. The number of carbonyl (C=O) groups excluding carboxylic acids is 1. The second kappa shape index (κ2) is 6.60. The van der Waals surface area contributed by atoms with Gasteiger partial charge in [0.15, 0.2) is 11.5 Å². The summed E-state index contributed by atoms with van der Waals surface area (Å²) in [5.41, 5.74) is 3.25. The monoisotopic (exact) mass is 312 g/mol. The van der Waals surface area contributed by atoms with E-state index >= 15 is 0 Å². The molecule has 1 aliphatic rings. The van der Waals surface area contributed by atoms with Crippen molar-refractivity contribution >= 4 is 6.03 Å². The first-order chi connectivity index (χ1) is 11.1. The van der Waals surface area contributed by atoms with Crippen molar-refractivity contribution in [3.05, 3.63) is 59.2 Å². The highest BCUT2D eigenvalue weighted by molar-refractivity contribution is 5.74. The topological polar surface area (TPSA) is 59.6 Å². The molecule has 1 unspecified atom stereocenters. The molecule has 5 nitrogen and oxygen atoms in total. The number of benzene rings is 2. The highest BCUT2D eigenvalue weighted by Gasteiger charge is 2.16. The van der Waals surface area contributed by atoms with Crippen LogP contribution in [0, 0.1) is 6.92 Å². The van der Waals surface area contributed by atoms with Gasteiger partial charge in [-0.15, -0.1) is 0 Å². The minimum absolute atomic E-state index is 0.124. The van der Waals surface area contributed by atoms with Gasteiger partial charge in [-0.25, -0.2) is 4.79 Å². The average molecular weight is 312 g/mol. The van der Waals surface area contributed by atoms with Crippen LogP contribution in [0.3, 0.4) is 0 Å². The van der Waals surface area contributed by atoms with Crippen molar-refractivity contribution in [2.24, 2.45) is 0 Å². The van der Waals surface area contributed by atoms with E-state index in [1.54, 1.807) is 0 Å². The minimum atomic E-state index is -0.196. The smallest absolute Gasteiger partial charge is 0.315 e. The fourth-order valence-electron chi connectivity index (χ4n) is 2.50. The quantitative estimate of drug-likeness (QED) is 0.911. The lowest BCUT2D eigenvalue weighted by atomic mass is 10.1. The Hall–Kier alpha value is -2.69. The third-order valence-electron chi connectivity index (χ3n) is 3.94. The summed E-state index contributed by atoms with van der Waals surface area (Å²) in [5, 5.41) is 5.82. The molecule has 0 bridgehead atoms. The molecule has 23 heavy (non-hydrogen) atoms. The largest absolute Gasteiger partial charge is 0.454 e. The number of ether oxygens (including phenoxy) is 2. The standard InChI is InChI=1S/C18H20N2O3/c1-12-5-3-4-6-15(12)10-19-18(21)20-13(2)14-7-8-16-17(9-14)23-11-22-16/h3-9,13H,10-11H2,1-2H3,(H2,19,20,21). The van der Waals surface area contributed by atoms with Gasteiger partial charge in [-0.3, -0.25) is 0 Å². The first-order valence-electron chi connectivity index (χ1n) is 7.62. The number of rotatable bonds is 4. The van der Waals surface area contributed by atoms with E-state index in [9.17, 15) is 4.79 Å². The molecule has 0 aromatic heterocycles. The molecule has 0 aliphatic carbocycles. The van der Waals surface area contributed by atoms with E-state index in [2.05, 4.69) is 10.6 Å². The SMILES string of the molecule is Cc1ccccc1CNC(=O)NC(C)c1ccc2c(c1)OCO2. The van der Waals surface area contributed by atoms with E-state index < -0.39 is 0 Å². The van der Waals surface area contributed by atoms with Crippen LogP contribution in [0.2, 0.25) is 0 Å². The van der Waals surface area contributed by atoms with Crippen LogP contribution in [0.5, 0.6) is 11.5 Å².